The fourth-order valence-electron chi connectivity index (χ4n) is 3.09. The SMILES string of the molecule is CCOCCOC1CCCCCCCCCCC1NC. The van der Waals surface area contributed by atoms with Gasteiger partial charge in [0.05, 0.1) is 19.3 Å². The largest absolute Gasteiger partial charge is 0.379 e. The van der Waals surface area contributed by atoms with Crippen LogP contribution in [0.25, 0.3) is 0 Å². The van der Waals surface area contributed by atoms with Gasteiger partial charge in [0.1, 0.15) is 0 Å². The Kier molecular flexibility index (Phi) is 11.3. The number of hydrogen-bond acceptors (Lipinski definition) is 3. The van der Waals surface area contributed by atoms with Gasteiger partial charge in [-0.2, -0.15) is 0 Å². The Morgan fingerprint density at radius 3 is 2.05 bits per heavy atom. The van der Waals surface area contributed by atoms with E-state index in [9.17, 15) is 0 Å². The lowest BCUT2D eigenvalue weighted by atomic mass is 9.96. The van der Waals surface area contributed by atoms with Crippen molar-refractivity contribution in [1.29, 1.82) is 0 Å². The zero-order valence-corrected chi connectivity index (χ0v) is 13.7. The summed E-state index contributed by atoms with van der Waals surface area (Å²) >= 11 is 0. The number of ether oxygens (including phenoxy) is 2. The van der Waals surface area contributed by atoms with Gasteiger partial charge in [0, 0.05) is 12.6 Å². The van der Waals surface area contributed by atoms with Crippen LogP contribution in [0.15, 0.2) is 0 Å². The Labute approximate surface area is 125 Å². The number of nitrogens with one attached hydrogen (secondary N) is 1. The predicted molar refractivity (Wildman–Crippen MR) is 85.3 cm³/mol. The van der Waals surface area contributed by atoms with Crippen LogP contribution in [0.2, 0.25) is 0 Å². The first-order chi connectivity index (χ1) is 9.88. The molecule has 120 valence electrons. The van der Waals surface area contributed by atoms with E-state index in [2.05, 4.69) is 12.4 Å². The van der Waals surface area contributed by atoms with Crippen molar-refractivity contribution in [2.75, 3.05) is 26.9 Å². The molecular formula is C17H35NO2. The summed E-state index contributed by atoms with van der Waals surface area (Å²) in [4.78, 5) is 0. The lowest BCUT2D eigenvalue weighted by molar-refractivity contribution is -0.0150. The van der Waals surface area contributed by atoms with E-state index < -0.39 is 0 Å². The summed E-state index contributed by atoms with van der Waals surface area (Å²) in [5.74, 6) is 0. The third-order valence-electron chi connectivity index (χ3n) is 4.34. The molecule has 0 aliphatic heterocycles. The maximum atomic E-state index is 6.11. The average Bonchev–Trinajstić information content (AvgIpc) is 2.46. The molecule has 3 nitrogen and oxygen atoms in total. The third kappa shape index (κ3) is 8.23. The van der Waals surface area contributed by atoms with Gasteiger partial charge in [0.15, 0.2) is 0 Å². The minimum absolute atomic E-state index is 0.361. The molecule has 0 saturated heterocycles. The van der Waals surface area contributed by atoms with Crippen LogP contribution in [0, 0.1) is 0 Å². The molecule has 1 aliphatic carbocycles. The van der Waals surface area contributed by atoms with Gasteiger partial charge < -0.3 is 14.8 Å². The summed E-state index contributed by atoms with van der Waals surface area (Å²) in [6.45, 7) is 4.27. The minimum Gasteiger partial charge on any atom is -0.379 e. The van der Waals surface area contributed by atoms with Crippen LogP contribution in [0.3, 0.4) is 0 Å². The second-order valence-electron chi connectivity index (χ2n) is 5.91. The molecule has 0 aromatic heterocycles. The molecule has 1 aliphatic rings. The normalized spacial score (nSPS) is 26.7. The molecule has 0 spiro atoms. The maximum absolute atomic E-state index is 6.11. The van der Waals surface area contributed by atoms with E-state index in [1.807, 2.05) is 6.92 Å². The monoisotopic (exact) mass is 285 g/mol. The third-order valence-corrected chi connectivity index (χ3v) is 4.34. The highest BCUT2D eigenvalue weighted by Gasteiger charge is 2.20. The number of hydrogen-bond donors (Lipinski definition) is 1. The van der Waals surface area contributed by atoms with Gasteiger partial charge in [0.2, 0.25) is 0 Å². The van der Waals surface area contributed by atoms with Gasteiger partial charge in [-0.05, 0) is 26.8 Å². The lowest BCUT2D eigenvalue weighted by Gasteiger charge is -2.28. The zero-order chi connectivity index (χ0) is 14.5. The summed E-state index contributed by atoms with van der Waals surface area (Å²) < 4.78 is 11.5. The molecule has 0 heterocycles. The smallest absolute Gasteiger partial charge is 0.0729 e. The molecule has 1 rings (SSSR count). The molecule has 1 fully saturated rings. The van der Waals surface area contributed by atoms with Gasteiger partial charge in [0.25, 0.3) is 0 Å². The lowest BCUT2D eigenvalue weighted by Crippen LogP contribution is -2.40. The highest BCUT2D eigenvalue weighted by Crippen LogP contribution is 2.19. The van der Waals surface area contributed by atoms with Crippen molar-refractivity contribution in [3.8, 4) is 0 Å². The minimum atomic E-state index is 0.361. The quantitative estimate of drug-likeness (QED) is 0.751. The molecule has 0 aromatic rings. The van der Waals surface area contributed by atoms with Crippen molar-refractivity contribution >= 4 is 0 Å². The van der Waals surface area contributed by atoms with Crippen molar-refractivity contribution < 1.29 is 9.47 Å². The van der Waals surface area contributed by atoms with E-state index in [0.717, 1.165) is 19.8 Å². The Balaban J connectivity index is 2.38. The van der Waals surface area contributed by atoms with Crippen LogP contribution in [-0.2, 0) is 9.47 Å². The van der Waals surface area contributed by atoms with E-state index in [1.54, 1.807) is 0 Å². The highest BCUT2D eigenvalue weighted by atomic mass is 16.5. The molecule has 3 heteroatoms. The van der Waals surface area contributed by atoms with Crippen LogP contribution in [0.1, 0.15) is 71.1 Å². The topological polar surface area (TPSA) is 30.5 Å². The van der Waals surface area contributed by atoms with E-state index in [4.69, 9.17) is 9.47 Å². The highest BCUT2D eigenvalue weighted by molar-refractivity contribution is 4.76. The van der Waals surface area contributed by atoms with Gasteiger partial charge in [-0.25, -0.2) is 0 Å². The van der Waals surface area contributed by atoms with E-state index in [-0.39, 0.29) is 0 Å². The Morgan fingerprint density at radius 1 is 0.850 bits per heavy atom. The van der Waals surface area contributed by atoms with E-state index >= 15 is 0 Å². The van der Waals surface area contributed by atoms with Gasteiger partial charge in [-0.1, -0.05) is 51.4 Å². The Hall–Kier alpha value is -0.120. The summed E-state index contributed by atoms with van der Waals surface area (Å²) in [5, 5.41) is 3.48. The predicted octanol–water partition coefficient (Wildman–Crippen LogP) is 3.91. The van der Waals surface area contributed by atoms with Crippen LogP contribution in [-0.4, -0.2) is 39.0 Å². The average molecular weight is 285 g/mol. The fourth-order valence-corrected chi connectivity index (χ4v) is 3.09. The van der Waals surface area contributed by atoms with Gasteiger partial charge >= 0.3 is 0 Å². The first-order valence-corrected chi connectivity index (χ1v) is 8.75. The number of likely N-dealkylation sites (N-methyl/N-ethyl adjacent to an activating group) is 1. The summed E-state index contributed by atoms with van der Waals surface area (Å²) in [6, 6.07) is 0.510. The summed E-state index contributed by atoms with van der Waals surface area (Å²) in [6.07, 6.45) is 13.8. The second-order valence-corrected chi connectivity index (χ2v) is 5.91. The number of rotatable bonds is 6. The van der Waals surface area contributed by atoms with Crippen molar-refractivity contribution in [3.05, 3.63) is 0 Å². The van der Waals surface area contributed by atoms with Crippen molar-refractivity contribution in [1.82, 2.24) is 5.32 Å². The molecule has 20 heavy (non-hydrogen) atoms. The van der Waals surface area contributed by atoms with Crippen molar-refractivity contribution in [3.63, 3.8) is 0 Å². The molecule has 2 atom stereocenters. The zero-order valence-electron chi connectivity index (χ0n) is 13.7. The van der Waals surface area contributed by atoms with Crippen LogP contribution in [0.4, 0.5) is 0 Å². The van der Waals surface area contributed by atoms with Gasteiger partial charge in [-0.15, -0.1) is 0 Å². The van der Waals surface area contributed by atoms with Gasteiger partial charge in [-0.3, -0.25) is 0 Å². The molecule has 0 bridgehead atoms. The summed E-state index contributed by atoms with van der Waals surface area (Å²) in [7, 11) is 2.08. The molecular weight excluding hydrogens is 250 g/mol. The van der Waals surface area contributed by atoms with Crippen molar-refractivity contribution in [2.45, 2.75) is 83.3 Å². The molecule has 0 radical (unpaired) electrons. The molecule has 0 amide bonds. The summed E-state index contributed by atoms with van der Waals surface area (Å²) in [5.41, 5.74) is 0. The first kappa shape index (κ1) is 17.9. The Morgan fingerprint density at radius 2 is 1.45 bits per heavy atom. The standard InChI is InChI=1S/C17H35NO2/c1-3-19-14-15-20-17-13-11-9-7-5-4-6-8-10-12-16(17)18-2/h16-18H,3-15H2,1-2H3. The van der Waals surface area contributed by atoms with E-state index in [0.29, 0.717) is 12.1 Å². The van der Waals surface area contributed by atoms with Crippen LogP contribution < -0.4 is 5.32 Å². The molecule has 2 unspecified atom stereocenters. The first-order valence-electron chi connectivity index (χ1n) is 8.75. The Bertz CT molecular complexity index is 209. The van der Waals surface area contributed by atoms with E-state index in [1.165, 1.54) is 64.2 Å². The van der Waals surface area contributed by atoms with Crippen LogP contribution >= 0.6 is 0 Å². The van der Waals surface area contributed by atoms with Crippen LogP contribution in [0.5, 0.6) is 0 Å². The van der Waals surface area contributed by atoms with Crippen molar-refractivity contribution in [2.24, 2.45) is 0 Å². The molecule has 0 aromatic carbocycles. The molecule has 1 N–H and O–H groups in total. The fraction of sp³-hybridized carbons (Fsp3) is 1.00. The second kappa shape index (κ2) is 12.6. The maximum Gasteiger partial charge on any atom is 0.0729 e. The molecule has 1 saturated carbocycles.